The number of primary amides is 1. The van der Waals surface area contributed by atoms with Crippen LogP contribution >= 0.6 is 11.6 Å². The quantitative estimate of drug-likeness (QED) is 0.381. The standard InChI is InChI=1S/C25H25ClF2N2O4/c1-5-33-23-16-8-6-7-14(20(16)17(26)12-30-23)11-25(3,4)22(31)21-18(27)9-15(10-19(21)28)13(2)34-24(29)32/h6-10,12-13H,5,11H2,1-4H3,(H2,29,32). The maximum atomic E-state index is 14.9. The Kier molecular flexibility index (Phi) is 7.41. The highest BCUT2D eigenvalue weighted by atomic mass is 35.5. The molecule has 1 amide bonds. The number of Topliss-reactive ketones (excluding diaryl/α,β-unsaturated/α-hetero) is 1. The molecule has 3 rings (SSSR count). The number of hydrogen-bond donors (Lipinski definition) is 1. The molecule has 6 nitrogen and oxygen atoms in total. The summed E-state index contributed by atoms with van der Waals surface area (Å²) in [5, 5.41) is 1.72. The van der Waals surface area contributed by atoms with Crippen molar-refractivity contribution in [3.8, 4) is 5.88 Å². The van der Waals surface area contributed by atoms with E-state index in [9.17, 15) is 18.4 Å². The van der Waals surface area contributed by atoms with Crippen LogP contribution in [0, 0.1) is 17.0 Å². The Morgan fingerprint density at radius 1 is 1.21 bits per heavy atom. The highest BCUT2D eigenvalue weighted by molar-refractivity contribution is 6.35. The van der Waals surface area contributed by atoms with Gasteiger partial charge in [0.15, 0.2) is 5.78 Å². The second kappa shape index (κ2) is 9.93. The summed E-state index contributed by atoms with van der Waals surface area (Å²) in [7, 11) is 0. The second-order valence-corrected chi connectivity index (χ2v) is 8.92. The highest BCUT2D eigenvalue weighted by Crippen LogP contribution is 2.37. The van der Waals surface area contributed by atoms with Gasteiger partial charge in [-0.15, -0.1) is 0 Å². The third kappa shape index (κ3) is 5.12. The third-order valence-corrected chi connectivity index (χ3v) is 5.78. The molecular weight excluding hydrogens is 466 g/mol. The van der Waals surface area contributed by atoms with Crippen molar-refractivity contribution in [3.05, 3.63) is 69.9 Å². The number of benzene rings is 2. The van der Waals surface area contributed by atoms with Gasteiger partial charge in [0.25, 0.3) is 0 Å². The van der Waals surface area contributed by atoms with Crippen molar-refractivity contribution < 1.29 is 27.8 Å². The van der Waals surface area contributed by atoms with E-state index in [-0.39, 0.29) is 12.0 Å². The number of ether oxygens (including phenoxy) is 2. The first-order valence-electron chi connectivity index (χ1n) is 10.6. The van der Waals surface area contributed by atoms with Crippen LogP contribution in [-0.2, 0) is 11.2 Å². The number of carbonyl (C=O) groups excluding carboxylic acids is 2. The van der Waals surface area contributed by atoms with E-state index in [1.54, 1.807) is 26.0 Å². The van der Waals surface area contributed by atoms with Crippen molar-refractivity contribution in [2.24, 2.45) is 11.1 Å². The van der Waals surface area contributed by atoms with Crippen LogP contribution in [0.1, 0.15) is 55.3 Å². The first-order valence-corrected chi connectivity index (χ1v) is 11.0. The predicted molar refractivity (Wildman–Crippen MR) is 125 cm³/mol. The molecule has 34 heavy (non-hydrogen) atoms. The van der Waals surface area contributed by atoms with Crippen LogP contribution in [0.2, 0.25) is 5.02 Å². The largest absolute Gasteiger partial charge is 0.478 e. The molecule has 1 heterocycles. The Balaban J connectivity index is 1.99. The van der Waals surface area contributed by atoms with E-state index in [0.717, 1.165) is 12.1 Å². The smallest absolute Gasteiger partial charge is 0.405 e. The van der Waals surface area contributed by atoms with Crippen molar-refractivity contribution in [3.63, 3.8) is 0 Å². The first kappa shape index (κ1) is 25.4. The summed E-state index contributed by atoms with van der Waals surface area (Å²) < 4.78 is 40.2. The van der Waals surface area contributed by atoms with Gasteiger partial charge in [-0.1, -0.05) is 37.6 Å². The molecule has 0 radical (unpaired) electrons. The number of carbonyl (C=O) groups is 2. The summed E-state index contributed by atoms with van der Waals surface area (Å²) >= 11 is 6.43. The molecule has 1 aromatic heterocycles. The lowest BCUT2D eigenvalue weighted by atomic mass is 9.77. The average molecular weight is 491 g/mol. The molecule has 9 heteroatoms. The molecule has 2 N–H and O–H groups in total. The van der Waals surface area contributed by atoms with Gasteiger partial charge in [0.1, 0.15) is 17.7 Å². The molecule has 0 fully saturated rings. The first-order chi connectivity index (χ1) is 16.0. The Morgan fingerprint density at radius 3 is 2.44 bits per heavy atom. The maximum Gasteiger partial charge on any atom is 0.405 e. The zero-order valence-electron chi connectivity index (χ0n) is 19.2. The van der Waals surface area contributed by atoms with E-state index in [1.807, 2.05) is 13.0 Å². The van der Waals surface area contributed by atoms with Gasteiger partial charge >= 0.3 is 6.09 Å². The van der Waals surface area contributed by atoms with Crippen molar-refractivity contribution in [1.82, 2.24) is 4.98 Å². The molecule has 3 aromatic rings. The fourth-order valence-electron chi connectivity index (χ4n) is 3.89. The summed E-state index contributed by atoms with van der Waals surface area (Å²) in [6, 6.07) is 7.33. The molecule has 0 spiro atoms. The lowest BCUT2D eigenvalue weighted by Gasteiger charge is -2.25. The van der Waals surface area contributed by atoms with Gasteiger partial charge < -0.3 is 15.2 Å². The summed E-state index contributed by atoms with van der Waals surface area (Å²) in [5.74, 6) is -2.41. The van der Waals surface area contributed by atoms with Gasteiger partial charge in [0.2, 0.25) is 5.88 Å². The average Bonchev–Trinajstić information content (AvgIpc) is 2.74. The van der Waals surface area contributed by atoms with Crippen molar-refractivity contribution in [2.75, 3.05) is 6.61 Å². The maximum absolute atomic E-state index is 14.9. The van der Waals surface area contributed by atoms with Crippen LogP contribution in [0.4, 0.5) is 13.6 Å². The van der Waals surface area contributed by atoms with E-state index in [0.29, 0.717) is 33.8 Å². The van der Waals surface area contributed by atoms with Crippen molar-refractivity contribution in [2.45, 2.75) is 40.2 Å². The predicted octanol–water partition coefficient (Wildman–Crippen LogP) is 6.17. The molecule has 0 saturated carbocycles. The zero-order chi connectivity index (χ0) is 25.2. The Morgan fingerprint density at radius 2 is 1.85 bits per heavy atom. The van der Waals surface area contributed by atoms with Gasteiger partial charge in [0.05, 0.1) is 23.4 Å². The molecule has 0 aliphatic carbocycles. The number of ketones is 1. The number of fused-ring (bicyclic) bond motifs is 1. The number of halogens is 3. The van der Waals surface area contributed by atoms with Crippen LogP contribution < -0.4 is 10.5 Å². The van der Waals surface area contributed by atoms with E-state index >= 15 is 0 Å². The fourth-order valence-corrected chi connectivity index (χ4v) is 4.16. The minimum Gasteiger partial charge on any atom is -0.478 e. The number of hydrogen-bond acceptors (Lipinski definition) is 5. The number of nitrogens with zero attached hydrogens (tertiary/aromatic N) is 1. The molecule has 0 aliphatic rings. The summed E-state index contributed by atoms with van der Waals surface area (Å²) in [4.78, 5) is 28.5. The van der Waals surface area contributed by atoms with Crippen LogP contribution in [-0.4, -0.2) is 23.5 Å². The van der Waals surface area contributed by atoms with Crippen LogP contribution in [0.5, 0.6) is 5.88 Å². The SMILES string of the molecule is CCOc1ncc(Cl)c2c(CC(C)(C)C(=O)c3c(F)cc(C(C)OC(N)=O)cc3F)cccc12. The zero-order valence-corrected chi connectivity index (χ0v) is 20.0. The minimum atomic E-state index is -1.19. The van der Waals surface area contributed by atoms with E-state index < -0.39 is 40.6 Å². The van der Waals surface area contributed by atoms with Crippen LogP contribution in [0.25, 0.3) is 10.8 Å². The van der Waals surface area contributed by atoms with Gasteiger partial charge in [-0.05, 0) is 49.6 Å². The number of aromatic nitrogens is 1. The van der Waals surface area contributed by atoms with Gasteiger partial charge in [-0.3, -0.25) is 4.79 Å². The lowest BCUT2D eigenvalue weighted by Crippen LogP contribution is -2.29. The molecular formula is C25H25ClF2N2O4. The number of amides is 1. The Hall–Kier alpha value is -3.26. The lowest BCUT2D eigenvalue weighted by molar-refractivity contribution is 0.0827. The molecule has 0 bridgehead atoms. The highest BCUT2D eigenvalue weighted by Gasteiger charge is 2.34. The summed E-state index contributed by atoms with van der Waals surface area (Å²) in [6.07, 6.45) is -0.434. The van der Waals surface area contributed by atoms with Gasteiger partial charge in [-0.25, -0.2) is 18.6 Å². The number of rotatable bonds is 8. The minimum absolute atomic E-state index is 0.0416. The number of nitrogens with two attached hydrogens (primary N) is 1. The molecule has 0 aliphatic heterocycles. The third-order valence-electron chi connectivity index (χ3n) is 5.50. The molecule has 2 aromatic carbocycles. The Labute approximate surface area is 201 Å². The topological polar surface area (TPSA) is 91.5 Å². The molecule has 1 unspecified atom stereocenters. The summed E-state index contributed by atoms with van der Waals surface area (Å²) in [5.41, 5.74) is 3.87. The number of pyridine rings is 1. The van der Waals surface area contributed by atoms with E-state index in [1.165, 1.54) is 13.1 Å². The fraction of sp³-hybridized carbons (Fsp3) is 0.320. The molecule has 0 saturated heterocycles. The Bertz CT molecular complexity index is 1240. The molecule has 1 atom stereocenters. The van der Waals surface area contributed by atoms with Gasteiger partial charge in [-0.2, -0.15) is 0 Å². The summed E-state index contributed by atoms with van der Waals surface area (Å²) in [6.45, 7) is 6.88. The van der Waals surface area contributed by atoms with Crippen molar-refractivity contribution >= 4 is 34.2 Å². The molecule has 180 valence electrons. The van der Waals surface area contributed by atoms with Gasteiger partial charge in [0, 0.05) is 16.2 Å². The second-order valence-electron chi connectivity index (χ2n) is 8.51. The van der Waals surface area contributed by atoms with E-state index in [2.05, 4.69) is 4.98 Å². The van der Waals surface area contributed by atoms with Crippen molar-refractivity contribution in [1.29, 1.82) is 0 Å². The normalized spacial score (nSPS) is 12.4. The van der Waals surface area contributed by atoms with E-state index in [4.69, 9.17) is 26.8 Å². The van der Waals surface area contributed by atoms with Crippen LogP contribution in [0.15, 0.2) is 36.5 Å². The van der Waals surface area contributed by atoms with Crippen LogP contribution in [0.3, 0.4) is 0 Å². The monoisotopic (exact) mass is 490 g/mol.